The molecule has 1 heterocycles. The number of amides is 1. The van der Waals surface area contributed by atoms with Crippen molar-refractivity contribution in [1.82, 2.24) is 0 Å². The summed E-state index contributed by atoms with van der Waals surface area (Å²) in [6, 6.07) is 15.1. The first-order valence-electron chi connectivity index (χ1n) is 8.19. The second kappa shape index (κ2) is 7.79. The molecular weight excluding hydrogens is 324 g/mol. The molecule has 2 aromatic rings. The van der Waals surface area contributed by atoms with E-state index in [-0.39, 0.29) is 11.9 Å². The first-order valence-corrected chi connectivity index (χ1v) is 8.56. The van der Waals surface area contributed by atoms with E-state index in [0.29, 0.717) is 18.2 Å². The number of anilines is 1. The Hall–Kier alpha value is -1.88. The van der Waals surface area contributed by atoms with Gasteiger partial charge in [-0.05, 0) is 36.8 Å². The number of carbonyl (C=O) groups is 1. The van der Waals surface area contributed by atoms with E-state index in [1.807, 2.05) is 55.5 Å². The van der Waals surface area contributed by atoms with E-state index in [4.69, 9.17) is 16.3 Å². The lowest BCUT2D eigenvalue weighted by Gasteiger charge is -2.31. The minimum absolute atomic E-state index is 0.000164. The maximum atomic E-state index is 13.0. The van der Waals surface area contributed by atoms with Gasteiger partial charge < -0.3 is 15.0 Å². The third kappa shape index (κ3) is 4.15. The zero-order valence-electron chi connectivity index (χ0n) is 13.7. The highest BCUT2D eigenvalue weighted by molar-refractivity contribution is 6.30. The zero-order valence-corrected chi connectivity index (χ0v) is 14.5. The number of halogens is 1. The van der Waals surface area contributed by atoms with Gasteiger partial charge in [-0.15, -0.1) is 0 Å². The van der Waals surface area contributed by atoms with E-state index in [9.17, 15) is 4.79 Å². The highest BCUT2D eigenvalue weighted by Crippen LogP contribution is 2.18. The van der Waals surface area contributed by atoms with Gasteiger partial charge in [-0.3, -0.25) is 4.79 Å². The predicted octanol–water partition coefficient (Wildman–Crippen LogP) is 2.24. The number of carbonyl (C=O) groups excluding carboxylic acids is 1. The van der Waals surface area contributed by atoms with Gasteiger partial charge in [0.25, 0.3) is 5.91 Å². The lowest BCUT2D eigenvalue weighted by atomic mass is 10.0. The van der Waals surface area contributed by atoms with Crippen LogP contribution in [-0.4, -0.2) is 32.2 Å². The molecule has 1 amide bonds. The molecule has 3 rings (SSSR count). The first-order chi connectivity index (χ1) is 11.6. The molecule has 0 saturated carbocycles. The molecule has 5 heteroatoms. The van der Waals surface area contributed by atoms with Crippen LogP contribution in [0, 0.1) is 6.92 Å². The van der Waals surface area contributed by atoms with Gasteiger partial charge in [-0.2, -0.15) is 0 Å². The van der Waals surface area contributed by atoms with Crippen molar-refractivity contribution in [2.45, 2.75) is 13.0 Å². The minimum Gasteiger partial charge on any atom is -0.370 e. The van der Waals surface area contributed by atoms with E-state index in [0.717, 1.165) is 29.9 Å². The van der Waals surface area contributed by atoms with Gasteiger partial charge in [0, 0.05) is 16.3 Å². The van der Waals surface area contributed by atoms with Gasteiger partial charge in [0.15, 0.2) is 6.04 Å². The summed E-state index contributed by atoms with van der Waals surface area (Å²) >= 11 is 6.00. The molecule has 1 unspecified atom stereocenters. The predicted molar refractivity (Wildman–Crippen MR) is 95.5 cm³/mol. The van der Waals surface area contributed by atoms with Crippen molar-refractivity contribution in [2.24, 2.45) is 0 Å². The van der Waals surface area contributed by atoms with Gasteiger partial charge in [0.2, 0.25) is 0 Å². The fourth-order valence-corrected chi connectivity index (χ4v) is 3.21. The molecule has 1 atom stereocenters. The summed E-state index contributed by atoms with van der Waals surface area (Å²) in [7, 11) is 0. The minimum atomic E-state index is -0.272. The van der Waals surface area contributed by atoms with Crippen LogP contribution in [0.5, 0.6) is 0 Å². The Morgan fingerprint density at radius 1 is 1.17 bits per heavy atom. The van der Waals surface area contributed by atoms with Crippen LogP contribution in [0.4, 0.5) is 5.69 Å². The third-order valence-corrected chi connectivity index (χ3v) is 4.55. The molecule has 0 aliphatic carbocycles. The number of benzene rings is 2. The Morgan fingerprint density at radius 2 is 1.88 bits per heavy atom. The molecule has 0 aromatic heterocycles. The number of morpholine rings is 1. The van der Waals surface area contributed by atoms with Crippen LogP contribution in [-0.2, 0) is 9.53 Å². The van der Waals surface area contributed by atoms with Crippen molar-refractivity contribution >= 4 is 23.2 Å². The summed E-state index contributed by atoms with van der Waals surface area (Å²) < 4.78 is 5.44. The van der Waals surface area contributed by atoms with Crippen molar-refractivity contribution in [1.29, 1.82) is 0 Å². The van der Waals surface area contributed by atoms with E-state index < -0.39 is 0 Å². The van der Waals surface area contributed by atoms with E-state index in [1.165, 1.54) is 4.90 Å². The maximum Gasteiger partial charge on any atom is 0.287 e. The SMILES string of the molecule is Cc1cccc(NC(=O)C(c2ccc(Cl)cc2)[NH+]2CCOCC2)c1. The van der Waals surface area contributed by atoms with Crippen LogP contribution in [0.2, 0.25) is 5.02 Å². The van der Waals surface area contributed by atoms with Gasteiger partial charge >= 0.3 is 0 Å². The fourth-order valence-electron chi connectivity index (χ4n) is 3.09. The number of ether oxygens (including phenoxy) is 1. The maximum absolute atomic E-state index is 13.0. The molecule has 0 radical (unpaired) electrons. The average Bonchev–Trinajstić information content (AvgIpc) is 2.58. The number of quaternary nitrogens is 1. The first kappa shape index (κ1) is 17.0. The summed E-state index contributed by atoms with van der Waals surface area (Å²) in [4.78, 5) is 14.2. The molecule has 1 aliphatic heterocycles. The highest BCUT2D eigenvalue weighted by Gasteiger charge is 2.33. The molecular formula is C19H22ClN2O2+. The van der Waals surface area contributed by atoms with Crippen LogP contribution in [0.15, 0.2) is 48.5 Å². The van der Waals surface area contributed by atoms with Crippen molar-refractivity contribution < 1.29 is 14.4 Å². The Balaban J connectivity index is 1.85. The number of aryl methyl sites for hydroxylation is 1. The Kier molecular flexibility index (Phi) is 5.51. The highest BCUT2D eigenvalue weighted by atomic mass is 35.5. The molecule has 2 aromatic carbocycles. The number of hydrogen-bond acceptors (Lipinski definition) is 2. The van der Waals surface area contributed by atoms with E-state index >= 15 is 0 Å². The normalized spacial score (nSPS) is 16.6. The van der Waals surface area contributed by atoms with Crippen molar-refractivity contribution in [3.05, 3.63) is 64.7 Å². The quantitative estimate of drug-likeness (QED) is 0.892. The monoisotopic (exact) mass is 345 g/mol. The van der Waals surface area contributed by atoms with Crippen molar-refractivity contribution in [3.8, 4) is 0 Å². The molecule has 126 valence electrons. The Labute approximate surface area is 147 Å². The molecule has 0 spiro atoms. The van der Waals surface area contributed by atoms with Crippen LogP contribution < -0.4 is 10.2 Å². The molecule has 4 nitrogen and oxygen atoms in total. The van der Waals surface area contributed by atoms with Gasteiger partial charge in [0.1, 0.15) is 13.1 Å². The molecule has 1 aliphatic rings. The molecule has 0 bridgehead atoms. The largest absolute Gasteiger partial charge is 0.370 e. The lowest BCUT2D eigenvalue weighted by Crippen LogP contribution is -3.15. The summed E-state index contributed by atoms with van der Waals surface area (Å²) in [5.41, 5.74) is 2.92. The van der Waals surface area contributed by atoms with Crippen molar-refractivity contribution in [3.63, 3.8) is 0 Å². The molecule has 1 fully saturated rings. The Bertz CT molecular complexity index is 697. The van der Waals surface area contributed by atoms with Crippen LogP contribution in [0.1, 0.15) is 17.2 Å². The molecule has 2 N–H and O–H groups in total. The summed E-state index contributed by atoms with van der Waals surface area (Å²) in [6.07, 6.45) is 0. The Morgan fingerprint density at radius 3 is 2.54 bits per heavy atom. The van der Waals surface area contributed by atoms with Gasteiger partial charge in [0.05, 0.1) is 13.2 Å². The second-order valence-electron chi connectivity index (χ2n) is 6.11. The van der Waals surface area contributed by atoms with Crippen molar-refractivity contribution in [2.75, 3.05) is 31.6 Å². The van der Waals surface area contributed by atoms with Crippen LogP contribution >= 0.6 is 11.6 Å². The van der Waals surface area contributed by atoms with E-state index in [2.05, 4.69) is 5.32 Å². The number of rotatable bonds is 4. The second-order valence-corrected chi connectivity index (χ2v) is 6.55. The van der Waals surface area contributed by atoms with Crippen LogP contribution in [0.3, 0.4) is 0 Å². The zero-order chi connectivity index (χ0) is 16.9. The number of nitrogens with one attached hydrogen (secondary N) is 2. The lowest BCUT2D eigenvalue weighted by molar-refractivity contribution is -0.929. The summed E-state index contributed by atoms with van der Waals surface area (Å²) in [6.45, 7) is 5.00. The van der Waals surface area contributed by atoms with Crippen LogP contribution in [0.25, 0.3) is 0 Å². The summed E-state index contributed by atoms with van der Waals surface area (Å²) in [5, 5.41) is 3.73. The fraction of sp³-hybridized carbons (Fsp3) is 0.316. The topological polar surface area (TPSA) is 42.8 Å². The third-order valence-electron chi connectivity index (χ3n) is 4.29. The smallest absolute Gasteiger partial charge is 0.287 e. The van der Waals surface area contributed by atoms with Gasteiger partial charge in [-0.1, -0.05) is 35.9 Å². The molecule has 1 saturated heterocycles. The standard InChI is InChI=1S/C19H21ClN2O2/c1-14-3-2-4-17(13-14)21-19(23)18(22-9-11-24-12-10-22)15-5-7-16(20)8-6-15/h2-8,13,18H,9-12H2,1H3,(H,21,23)/p+1. The average molecular weight is 346 g/mol. The number of hydrogen-bond donors (Lipinski definition) is 2. The van der Waals surface area contributed by atoms with Gasteiger partial charge in [-0.25, -0.2) is 0 Å². The summed E-state index contributed by atoms with van der Waals surface area (Å²) in [5.74, 6) is -0.000164. The van der Waals surface area contributed by atoms with E-state index in [1.54, 1.807) is 0 Å². The molecule has 24 heavy (non-hydrogen) atoms.